The Kier molecular flexibility index (Phi) is 1.11. The van der Waals surface area contributed by atoms with Gasteiger partial charge in [0.05, 0.1) is 0 Å². The molecule has 0 atom stereocenters. The molecular weight excluding hydrogens is 152 g/mol. The van der Waals surface area contributed by atoms with Crippen LogP contribution in [0, 0.1) is 0 Å². The molecule has 0 saturated heterocycles. The van der Waals surface area contributed by atoms with Crippen molar-refractivity contribution >= 4 is 22.6 Å². The quantitative estimate of drug-likeness (QED) is 0.582. The van der Waals surface area contributed by atoms with E-state index in [1.54, 1.807) is 18.2 Å². The molecule has 0 saturated carbocycles. The Bertz CT molecular complexity index is 357. The maximum absolute atomic E-state index is 5.67. The van der Waals surface area contributed by atoms with Crippen molar-refractivity contribution in [3.05, 3.63) is 23.2 Å². The summed E-state index contributed by atoms with van der Waals surface area (Å²) < 4.78 is 4.46. The third-order valence-corrected chi connectivity index (χ3v) is 1.45. The highest BCUT2D eigenvalue weighted by Gasteiger charge is 1.97. The second kappa shape index (κ2) is 1.95. The van der Waals surface area contributed by atoms with Crippen LogP contribution in [0.25, 0.3) is 11.0 Å². The maximum atomic E-state index is 5.67. The Morgan fingerprint density at radius 3 is 2.90 bits per heavy atom. The summed E-state index contributed by atoms with van der Waals surface area (Å²) in [6, 6.07) is 5.20. The van der Waals surface area contributed by atoms with Gasteiger partial charge in [0.2, 0.25) is 0 Å². The van der Waals surface area contributed by atoms with E-state index in [9.17, 15) is 0 Å². The Morgan fingerprint density at radius 2 is 2.00 bits per heavy atom. The first kappa shape index (κ1) is 5.68. The van der Waals surface area contributed by atoms with Gasteiger partial charge in [-0.15, -0.1) is 0 Å². The molecule has 0 spiro atoms. The Hall–Kier alpha value is -1.09. The molecule has 0 N–H and O–H groups in total. The van der Waals surface area contributed by atoms with Crippen molar-refractivity contribution in [1.82, 2.24) is 10.3 Å². The minimum Gasteiger partial charge on any atom is -0.243 e. The molecule has 0 aliphatic rings. The van der Waals surface area contributed by atoms with Crippen LogP contribution in [0.1, 0.15) is 0 Å². The van der Waals surface area contributed by atoms with Crippen molar-refractivity contribution in [3.63, 3.8) is 0 Å². The van der Waals surface area contributed by atoms with Gasteiger partial charge in [0.25, 0.3) is 0 Å². The summed E-state index contributed by atoms with van der Waals surface area (Å²) >= 11 is 5.67. The van der Waals surface area contributed by atoms with Crippen LogP contribution in [-0.2, 0) is 0 Å². The highest BCUT2D eigenvalue weighted by atomic mass is 35.5. The van der Waals surface area contributed by atoms with Crippen LogP contribution in [0.2, 0.25) is 5.02 Å². The fourth-order valence-corrected chi connectivity index (χ4v) is 0.922. The van der Waals surface area contributed by atoms with Gasteiger partial charge in [-0.05, 0) is 28.5 Å². The zero-order valence-electron chi connectivity index (χ0n) is 4.91. The molecule has 4 heteroatoms. The second-order valence-electron chi connectivity index (χ2n) is 1.90. The van der Waals surface area contributed by atoms with Crippen LogP contribution >= 0.6 is 11.6 Å². The van der Waals surface area contributed by atoms with Crippen LogP contribution in [0.5, 0.6) is 0 Å². The predicted octanol–water partition coefficient (Wildman–Crippen LogP) is 1.88. The summed E-state index contributed by atoms with van der Waals surface area (Å²) in [7, 11) is 0. The molecule has 3 nitrogen and oxygen atoms in total. The molecule has 1 aromatic carbocycles. The van der Waals surface area contributed by atoms with Crippen molar-refractivity contribution in [2.24, 2.45) is 0 Å². The molecule has 0 unspecified atom stereocenters. The van der Waals surface area contributed by atoms with Crippen LogP contribution in [0.15, 0.2) is 22.8 Å². The summed E-state index contributed by atoms with van der Waals surface area (Å²) in [4.78, 5) is 0. The largest absolute Gasteiger partial charge is 0.243 e. The van der Waals surface area contributed by atoms with Crippen LogP contribution in [-0.4, -0.2) is 10.3 Å². The van der Waals surface area contributed by atoms with E-state index < -0.39 is 0 Å². The Morgan fingerprint density at radius 1 is 1.20 bits per heavy atom. The lowest BCUT2D eigenvalue weighted by Gasteiger charge is -1.83. The summed E-state index contributed by atoms with van der Waals surface area (Å²) in [5.74, 6) is 0. The first-order valence-corrected chi connectivity index (χ1v) is 3.12. The average Bonchev–Trinajstić information content (AvgIpc) is 2.33. The van der Waals surface area contributed by atoms with E-state index in [1.165, 1.54) is 0 Å². The van der Waals surface area contributed by atoms with Gasteiger partial charge in [-0.25, -0.2) is 4.63 Å². The normalized spacial score (nSPS) is 10.5. The van der Waals surface area contributed by atoms with Gasteiger partial charge >= 0.3 is 0 Å². The molecule has 0 fully saturated rings. The lowest BCUT2D eigenvalue weighted by Crippen LogP contribution is -1.67. The van der Waals surface area contributed by atoms with E-state index in [-0.39, 0.29) is 0 Å². The van der Waals surface area contributed by atoms with E-state index in [1.807, 2.05) is 0 Å². The molecule has 1 heterocycles. The number of benzene rings is 1. The smallest absolute Gasteiger partial charge is 0.136 e. The summed E-state index contributed by atoms with van der Waals surface area (Å²) in [6.07, 6.45) is 0. The molecule has 0 aliphatic heterocycles. The minimum atomic E-state index is 0.642. The average molecular weight is 155 g/mol. The number of halogens is 1. The first-order chi connectivity index (χ1) is 4.86. The molecule has 10 heavy (non-hydrogen) atoms. The van der Waals surface area contributed by atoms with E-state index in [2.05, 4.69) is 14.9 Å². The fourth-order valence-electron chi connectivity index (χ4n) is 0.755. The first-order valence-electron chi connectivity index (χ1n) is 2.74. The number of fused-ring (bicyclic) bond motifs is 1. The zero-order valence-corrected chi connectivity index (χ0v) is 5.67. The zero-order chi connectivity index (χ0) is 6.97. The van der Waals surface area contributed by atoms with Gasteiger partial charge in [-0.2, -0.15) is 0 Å². The molecule has 2 rings (SSSR count). The van der Waals surface area contributed by atoms with Gasteiger partial charge in [0.15, 0.2) is 0 Å². The molecule has 0 amide bonds. The van der Waals surface area contributed by atoms with Crippen molar-refractivity contribution < 1.29 is 4.63 Å². The van der Waals surface area contributed by atoms with E-state index in [4.69, 9.17) is 11.6 Å². The van der Waals surface area contributed by atoms with Crippen molar-refractivity contribution in [1.29, 1.82) is 0 Å². The van der Waals surface area contributed by atoms with E-state index in [0.717, 1.165) is 5.52 Å². The second-order valence-corrected chi connectivity index (χ2v) is 2.33. The lowest BCUT2D eigenvalue weighted by atomic mass is 10.3. The fraction of sp³-hybridized carbons (Fsp3) is 0. The maximum Gasteiger partial charge on any atom is 0.136 e. The van der Waals surface area contributed by atoms with Crippen LogP contribution < -0.4 is 0 Å². The van der Waals surface area contributed by atoms with Gasteiger partial charge in [-0.3, -0.25) is 0 Å². The van der Waals surface area contributed by atoms with Crippen LogP contribution in [0.3, 0.4) is 0 Å². The lowest BCUT2D eigenvalue weighted by molar-refractivity contribution is 0.315. The Balaban J connectivity index is 2.86. The Labute approximate surface area is 61.6 Å². The van der Waals surface area contributed by atoms with Gasteiger partial charge < -0.3 is 0 Å². The topological polar surface area (TPSA) is 38.9 Å². The monoisotopic (exact) mass is 154 g/mol. The summed E-state index contributed by atoms with van der Waals surface area (Å²) in [6.45, 7) is 0. The van der Waals surface area contributed by atoms with Crippen molar-refractivity contribution in [2.45, 2.75) is 0 Å². The molecule has 0 aliphatic carbocycles. The van der Waals surface area contributed by atoms with Crippen molar-refractivity contribution in [2.75, 3.05) is 0 Å². The predicted molar refractivity (Wildman–Crippen MR) is 36.8 cm³/mol. The number of hydrogen-bond acceptors (Lipinski definition) is 3. The minimum absolute atomic E-state index is 0.642. The van der Waals surface area contributed by atoms with Gasteiger partial charge in [-0.1, -0.05) is 11.6 Å². The van der Waals surface area contributed by atoms with E-state index in [0.29, 0.717) is 10.5 Å². The SMILES string of the molecule is Clc1ccc2nonc2c1. The van der Waals surface area contributed by atoms with Gasteiger partial charge in [0.1, 0.15) is 11.0 Å². The molecule has 0 radical (unpaired) electrons. The molecule has 50 valence electrons. The number of rotatable bonds is 0. The molecule has 2 aromatic rings. The van der Waals surface area contributed by atoms with Gasteiger partial charge in [0, 0.05) is 5.02 Å². The standard InChI is InChI=1S/C6H3ClN2O/c7-4-1-2-5-6(3-4)9-10-8-5/h1-3H. The number of hydrogen-bond donors (Lipinski definition) is 0. The van der Waals surface area contributed by atoms with Crippen LogP contribution in [0.4, 0.5) is 0 Å². The van der Waals surface area contributed by atoms with Crippen molar-refractivity contribution in [3.8, 4) is 0 Å². The third-order valence-electron chi connectivity index (χ3n) is 1.22. The highest BCUT2D eigenvalue weighted by molar-refractivity contribution is 6.31. The van der Waals surface area contributed by atoms with E-state index >= 15 is 0 Å². The summed E-state index contributed by atoms with van der Waals surface area (Å²) in [5.41, 5.74) is 1.41. The summed E-state index contributed by atoms with van der Waals surface area (Å²) in [5, 5.41) is 7.87. The number of aromatic nitrogens is 2. The molecule has 0 bridgehead atoms. The molecular formula is C6H3ClN2O. The highest BCUT2D eigenvalue weighted by Crippen LogP contribution is 2.14. The number of nitrogens with zero attached hydrogens (tertiary/aromatic N) is 2. The third kappa shape index (κ3) is 0.752. The molecule has 1 aromatic heterocycles.